The minimum Gasteiger partial charge on any atom is -0.465 e. The zero-order valence-electron chi connectivity index (χ0n) is 10.9. The molecule has 0 aliphatic rings. The molecule has 0 aliphatic heterocycles. The van der Waals surface area contributed by atoms with Crippen LogP contribution in [-0.2, 0) is 14.3 Å². The van der Waals surface area contributed by atoms with E-state index in [2.05, 4.69) is 0 Å². The van der Waals surface area contributed by atoms with Crippen LogP contribution in [0.15, 0.2) is 41.9 Å². The molecular formula is C14H18O4. The van der Waals surface area contributed by atoms with Crippen molar-refractivity contribution in [2.45, 2.75) is 20.8 Å². The molecule has 0 aliphatic carbocycles. The summed E-state index contributed by atoms with van der Waals surface area (Å²) in [5, 5.41) is 0. The summed E-state index contributed by atoms with van der Waals surface area (Å²) < 4.78 is 15.8. The molecule has 0 bridgehead atoms. The highest BCUT2D eigenvalue weighted by atomic mass is 16.7. The number of hydrogen-bond donors (Lipinski definition) is 0. The normalized spacial score (nSPS) is 11.5. The van der Waals surface area contributed by atoms with Gasteiger partial charge in [-0.05, 0) is 32.9 Å². The van der Waals surface area contributed by atoms with Gasteiger partial charge in [0.15, 0.2) is 0 Å². The summed E-state index contributed by atoms with van der Waals surface area (Å²) in [6.45, 7) is 5.93. The van der Waals surface area contributed by atoms with Gasteiger partial charge in [0.25, 0.3) is 5.95 Å². The predicted molar refractivity (Wildman–Crippen MR) is 68.0 cm³/mol. The molecule has 0 spiro atoms. The van der Waals surface area contributed by atoms with Gasteiger partial charge in [0.05, 0.1) is 13.2 Å². The average molecular weight is 250 g/mol. The van der Waals surface area contributed by atoms with Crippen molar-refractivity contribution in [1.29, 1.82) is 0 Å². The fourth-order valence-corrected chi connectivity index (χ4v) is 1.26. The SMILES string of the molecule is CCOC(=O)/C(C)=C(\OCC)Oc1ccccc1. The monoisotopic (exact) mass is 250 g/mol. The van der Waals surface area contributed by atoms with Crippen molar-refractivity contribution in [3.05, 3.63) is 41.9 Å². The van der Waals surface area contributed by atoms with E-state index < -0.39 is 5.97 Å². The van der Waals surface area contributed by atoms with Gasteiger partial charge in [-0.2, -0.15) is 0 Å². The molecule has 0 saturated heterocycles. The molecule has 0 radical (unpaired) electrons. The highest BCUT2D eigenvalue weighted by molar-refractivity contribution is 5.88. The second-order valence-corrected chi connectivity index (χ2v) is 3.48. The molecule has 4 heteroatoms. The molecule has 0 aromatic heterocycles. The first-order valence-corrected chi connectivity index (χ1v) is 5.92. The summed E-state index contributed by atoms with van der Waals surface area (Å²) in [7, 11) is 0. The van der Waals surface area contributed by atoms with Gasteiger partial charge >= 0.3 is 5.97 Å². The third-order valence-corrected chi connectivity index (χ3v) is 2.12. The molecule has 1 aromatic carbocycles. The van der Waals surface area contributed by atoms with Crippen molar-refractivity contribution >= 4 is 5.97 Å². The third kappa shape index (κ3) is 4.13. The van der Waals surface area contributed by atoms with Gasteiger partial charge in [0, 0.05) is 0 Å². The lowest BCUT2D eigenvalue weighted by Crippen LogP contribution is -2.12. The molecule has 18 heavy (non-hydrogen) atoms. The molecule has 0 N–H and O–H groups in total. The van der Waals surface area contributed by atoms with Crippen LogP contribution in [0.3, 0.4) is 0 Å². The number of esters is 1. The standard InChI is InChI=1S/C14H18O4/c1-4-16-13(15)11(3)14(17-5-2)18-12-9-7-6-8-10-12/h6-10H,4-5H2,1-3H3/b14-11+. The number of carbonyl (C=O) groups is 1. The Balaban J connectivity index is 2.87. The number of benzene rings is 1. The number of carbonyl (C=O) groups excluding carboxylic acids is 1. The Hall–Kier alpha value is -1.97. The fourth-order valence-electron chi connectivity index (χ4n) is 1.26. The average Bonchev–Trinajstić information content (AvgIpc) is 2.39. The van der Waals surface area contributed by atoms with Crippen molar-refractivity contribution in [2.75, 3.05) is 13.2 Å². The van der Waals surface area contributed by atoms with Crippen LogP contribution in [-0.4, -0.2) is 19.2 Å². The highest BCUT2D eigenvalue weighted by Crippen LogP contribution is 2.17. The lowest BCUT2D eigenvalue weighted by molar-refractivity contribution is -0.139. The van der Waals surface area contributed by atoms with Gasteiger partial charge in [-0.15, -0.1) is 0 Å². The van der Waals surface area contributed by atoms with Crippen molar-refractivity contribution in [3.8, 4) is 5.75 Å². The number of rotatable bonds is 6. The minimum atomic E-state index is -0.433. The second-order valence-electron chi connectivity index (χ2n) is 3.48. The molecule has 4 nitrogen and oxygen atoms in total. The smallest absolute Gasteiger partial charge is 0.340 e. The fraction of sp³-hybridized carbons (Fsp3) is 0.357. The summed E-state index contributed by atoms with van der Waals surface area (Å²) >= 11 is 0. The van der Waals surface area contributed by atoms with Crippen LogP contribution in [0.25, 0.3) is 0 Å². The predicted octanol–water partition coefficient (Wildman–Crippen LogP) is 2.90. The summed E-state index contributed by atoms with van der Waals surface area (Å²) in [6.07, 6.45) is 0. The van der Waals surface area contributed by atoms with Crippen molar-refractivity contribution in [1.82, 2.24) is 0 Å². The van der Waals surface area contributed by atoms with Gasteiger partial charge in [-0.3, -0.25) is 0 Å². The third-order valence-electron chi connectivity index (χ3n) is 2.12. The van der Waals surface area contributed by atoms with E-state index in [0.717, 1.165) is 0 Å². The molecule has 0 atom stereocenters. The van der Waals surface area contributed by atoms with Crippen molar-refractivity contribution < 1.29 is 19.0 Å². The number of para-hydroxylation sites is 1. The zero-order chi connectivity index (χ0) is 13.4. The van der Waals surface area contributed by atoms with Crippen LogP contribution < -0.4 is 4.74 Å². The molecule has 1 aromatic rings. The quantitative estimate of drug-likeness (QED) is 0.442. The Bertz CT molecular complexity index is 409. The molecule has 1 rings (SSSR count). The van der Waals surface area contributed by atoms with Crippen molar-refractivity contribution in [2.24, 2.45) is 0 Å². The molecule has 0 amide bonds. The van der Waals surface area contributed by atoms with E-state index >= 15 is 0 Å². The summed E-state index contributed by atoms with van der Waals surface area (Å²) in [5.74, 6) is 0.364. The maximum absolute atomic E-state index is 11.6. The molecule has 0 fully saturated rings. The summed E-state index contributed by atoms with van der Waals surface area (Å²) in [5.41, 5.74) is 0.322. The number of hydrogen-bond acceptors (Lipinski definition) is 4. The van der Waals surface area contributed by atoms with E-state index in [1.165, 1.54) is 0 Å². The zero-order valence-corrected chi connectivity index (χ0v) is 10.9. The van der Waals surface area contributed by atoms with Crippen LogP contribution in [0, 0.1) is 0 Å². The molecule has 0 saturated carbocycles. The van der Waals surface area contributed by atoms with Gasteiger partial charge < -0.3 is 14.2 Å². The van der Waals surface area contributed by atoms with Gasteiger partial charge in [-0.25, -0.2) is 4.79 Å². The molecule has 98 valence electrons. The van der Waals surface area contributed by atoms with Gasteiger partial charge in [0.1, 0.15) is 11.3 Å². The van der Waals surface area contributed by atoms with E-state index in [4.69, 9.17) is 14.2 Å². The lowest BCUT2D eigenvalue weighted by atomic mass is 10.3. The lowest BCUT2D eigenvalue weighted by Gasteiger charge is -2.13. The Morgan fingerprint density at radius 1 is 1.06 bits per heavy atom. The summed E-state index contributed by atoms with van der Waals surface area (Å²) in [6, 6.07) is 9.15. The van der Waals surface area contributed by atoms with Gasteiger partial charge in [-0.1, -0.05) is 18.2 Å². The topological polar surface area (TPSA) is 44.8 Å². The van der Waals surface area contributed by atoms with Crippen LogP contribution in [0.4, 0.5) is 0 Å². The Labute approximate surface area is 107 Å². The first-order valence-electron chi connectivity index (χ1n) is 5.92. The molecular weight excluding hydrogens is 232 g/mol. The van der Waals surface area contributed by atoms with Crippen LogP contribution in [0.1, 0.15) is 20.8 Å². The van der Waals surface area contributed by atoms with E-state index in [1.807, 2.05) is 25.1 Å². The Morgan fingerprint density at radius 3 is 2.22 bits per heavy atom. The second kappa shape index (κ2) is 7.37. The van der Waals surface area contributed by atoms with E-state index in [1.54, 1.807) is 26.0 Å². The maximum Gasteiger partial charge on any atom is 0.340 e. The first-order chi connectivity index (χ1) is 8.69. The highest BCUT2D eigenvalue weighted by Gasteiger charge is 2.15. The van der Waals surface area contributed by atoms with Crippen LogP contribution in [0.2, 0.25) is 0 Å². The first kappa shape index (κ1) is 14.1. The number of ether oxygens (including phenoxy) is 3. The Morgan fingerprint density at radius 2 is 1.67 bits per heavy atom. The van der Waals surface area contributed by atoms with E-state index in [0.29, 0.717) is 24.5 Å². The molecule has 0 heterocycles. The Kier molecular flexibility index (Phi) is 5.77. The summed E-state index contributed by atoms with van der Waals surface area (Å²) in [4.78, 5) is 11.6. The molecule has 0 unspecified atom stereocenters. The van der Waals surface area contributed by atoms with Gasteiger partial charge in [0.2, 0.25) is 0 Å². The van der Waals surface area contributed by atoms with Crippen LogP contribution in [0.5, 0.6) is 5.75 Å². The maximum atomic E-state index is 11.6. The minimum absolute atomic E-state index is 0.183. The van der Waals surface area contributed by atoms with E-state index in [9.17, 15) is 4.79 Å². The largest absolute Gasteiger partial charge is 0.465 e. The van der Waals surface area contributed by atoms with Crippen molar-refractivity contribution in [3.63, 3.8) is 0 Å². The van der Waals surface area contributed by atoms with Crippen LogP contribution >= 0.6 is 0 Å². The van der Waals surface area contributed by atoms with E-state index in [-0.39, 0.29) is 5.95 Å².